The van der Waals surface area contributed by atoms with E-state index in [9.17, 15) is 0 Å². The van der Waals surface area contributed by atoms with Crippen LogP contribution in [0, 0.1) is 0 Å². The first-order valence-electron chi connectivity index (χ1n) is 6.99. The van der Waals surface area contributed by atoms with E-state index in [-0.39, 0.29) is 0 Å². The zero-order chi connectivity index (χ0) is 13.0. The number of rotatable bonds is 5. The molecule has 1 rings (SSSR count). The summed E-state index contributed by atoms with van der Waals surface area (Å²) in [6.07, 6.45) is 5.42. The summed E-state index contributed by atoms with van der Waals surface area (Å²) >= 11 is 6.61. The lowest BCUT2D eigenvalue weighted by atomic mass is 9.86. The molecule has 0 heterocycles. The van der Waals surface area contributed by atoms with Gasteiger partial charge in [0.2, 0.25) is 0 Å². The molecular formula is C16H25Cl. The normalized spacial score (nSPS) is 10.9. The zero-order valence-corrected chi connectivity index (χ0v) is 12.7. The van der Waals surface area contributed by atoms with Gasteiger partial charge in [-0.1, -0.05) is 46.2 Å². The van der Waals surface area contributed by atoms with E-state index in [4.69, 9.17) is 11.6 Å². The molecule has 0 N–H and O–H groups in total. The van der Waals surface area contributed by atoms with Gasteiger partial charge in [-0.3, -0.25) is 0 Å². The molecule has 1 heteroatoms. The molecule has 17 heavy (non-hydrogen) atoms. The highest BCUT2D eigenvalue weighted by Crippen LogP contribution is 2.34. The molecule has 0 saturated carbocycles. The molecule has 96 valence electrons. The van der Waals surface area contributed by atoms with Gasteiger partial charge in [0.25, 0.3) is 0 Å². The fourth-order valence-electron chi connectivity index (χ4n) is 3.01. The molecule has 0 amide bonds. The van der Waals surface area contributed by atoms with Crippen molar-refractivity contribution in [2.75, 3.05) is 0 Å². The van der Waals surface area contributed by atoms with Gasteiger partial charge in [-0.25, -0.2) is 0 Å². The van der Waals surface area contributed by atoms with Crippen LogP contribution in [0.15, 0.2) is 0 Å². The predicted octanol–water partition coefficient (Wildman–Crippen LogP) is 5.15. The van der Waals surface area contributed by atoms with Crippen LogP contribution < -0.4 is 0 Å². The molecule has 0 radical (unpaired) electrons. The molecule has 0 fully saturated rings. The van der Waals surface area contributed by atoms with E-state index in [2.05, 4.69) is 34.6 Å². The average Bonchev–Trinajstić information content (AvgIpc) is 2.36. The molecular weight excluding hydrogens is 228 g/mol. The zero-order valence-electron chi connectivity index (χ0n) is 11.9. The fourth-order valence-corrected chi connectivity index (χ4v) is 3.51. The Morgan fingerprint density at radius 2 is 0.765 bits per heavy atom. The molecule has 0 aliphatic rings. The molecule has 1 aromatic carbocycles. The van der Waals surface area contributed by atoms with Crippen LogP contribution in [0.2, 0.25) is 5.02 Å². The third-order valence-electron chi connectivity index (χ3n) is 3.75. The molecule has 1 aromatic rings. The Hall–Kier alpha value is -0.490. The summed E-state index contributed by atoms with van der Waals surface area (Å²) in [5.74, 6) is 0. The smallest absolute Gasteiger partial charge is 0.0475 e. The molecule has 0 atom stereocenters. The van der Waals surface area contributed by atoms with Gasteiger partial charge < -0.3 is 0 Å². The Morgan fingerprint density at radius 1 is 0.529 bits per heavy atom. The second-order valence-corrected chi connectivity index (χ2v) is 4.85. The van der Waals surface area contributed by atoms with Crippen molar-refractivity contribution in [1.29, 1.82) is 0 Å². The van der Waals surface area contributed by atoms with Gasteiger partial charge in [0.05, 0.1) is 0 Å². The van der Waals surface area contributed by atoms with E-state index in [1.54, 1.807) is 5.56 Å². The molecule has 0 aliphatic carbocycles. The minimum Gasteiger partial charge on any atom is -0.0837 e. The van der Waals surface area contributed by atoms with Crippen LogP contribution in [0.25, 0.3) is 0 Å². The predicted molar refractivity (Wildman–Crippen MR) is 78.3 cm³/mol. The number of benzene rings is 1. The molecule has 0 spiro atoms. The minimum absolute atomic E-state index is 1.04. The fraction of sp³-hybridized carbons (Fsp3) is 0.625. The maximum absolute atomic E-state index is 6.61. The summed E-state index contributed by atoms with van der Waals surface area (Å²) in [5.41, 5.74) is 7.36. The number of hydrogen-bond acceptors (Lipinski definition) is 0. The van der Waals surface area contributed by atoms with Crippen LogP contribution in [-0.2, 0) is 32.1 Å². The van der Waals surface area contributed by atoms with Crippen molar-refractivity contribution in [3.05, 3.63) is 32.8 Å². The van der Waals surface area contributed by atoms with Gasteiger partial charge in [0, 0.05) is 5.02 Å². The van der Waals surface area contributed by atoms with E-state index < -0.39 is 0 Å². The maximum atomic E-state index is 6.61. The van der Waals surface area contributed by atoms with Crippen molar-refractivity contribution in [3.63, 3.8) is 0 Å². The van der Waals surface area contributed by atoms with Gasteiger partial charge in [0.1, 0.15) is 0 Å². The largest absolute Gasteiger partial charge is 0.0837 e. The second-order valence-electron chi connectivity index (χ2n) is 4.47. The Balaban J connectivity index is 3.66. The van der Waals surface area contributed by atoms with E-state index in [1.807, 2.05) is 0 Å². The summed E-state index contributed by atoms with van der Waals surface area (Å²) in [6, 6.07) is 0. The van der Waals surface area contributed by atoms with E-state index in [0.717, 1.165) is 37.1 Å². The first-order chi connectivity index (χ1) is 8.15. The highest BCUT2D eigenvalue weighted by Gasteiger charge is 2.17. The molecule has 0 saturated heterocycles. The third kappa shape index (κ3) is 2.52. The van der Waals surface area contributed by atoms with Crippen molar-refractivity contribution in [2.24, 2.45) is 0 Å². The van der Waals surface area contributed by atoms with E-state index >= 15 is 0 Å². The van der Waals surface area contributed by atoms with Crippen LogP contribution in [0.5, 0.6) is 0 Å². The van der Waals surface area contributed by atoms with Crippen LogP contribution in [-0.4, -0.2) is 0 Å². The van der Waals surface area contributed by atoms with Crippen molar-refractivity contribution < 1.29 is 0 Å². The lowest BCUT2D eigenvalue weighted by Crippen LogP contribution is -2.08. The summed E-state index contributed by atoms with van der Waals surface area (Å²) in [4.78, 5) is 0. The van der Waals surface area contributed by atoms with Crippen LogP contribution in [0.4, 0.5) is 0 Å². The lowest BCUT2D eigenvalue weighted by molar-refractivity contribution is 0.915. The lowest BCUT2D eigenvalue weighted by Gasteiger charge is -2.22. The highest BCUT2D eigenvalue weighted by atomic mass is 35.5. The molecule has 0 bridgehead atoms. The minimum atomic E-state index is 1.04. The Labute approximate surface area is 111 Å². The maximum Gasteiger partial charge on any atom is 0.0475 e. The first-order valence-corrected chi connectivity index (χ1v) is 7.37. The average molecular weight is 253 g/mol. The summed E-state index contributed by atoms with van der Waals surface area (Å²) in [5, 5.41) is 1.04. The first kappa shape index (κ1) is 14.6. The molecule has 0 aliphatic heterocycles. The standard InChI is InChI=1S/C16H25Cl/c1-6-11-12(7-2)14(9-4)16(17)15(10-5)13(11)8-3/h6-10H2,1-5H3. The van der Waals surface area contributed by atoms with Gasteiger partial charge >= 0.3 is 0 Å². The summed E-state index contributed by atoms with van der Waals surface area (Å²) in [6.45, 7) is 11.2. The number of halogens is 1. The molecule has 0 aromatic heterocycles. The van der Waals surface area contributed by atoms with Crippen molar-refractivity contribution in [3.8, 4) is 0 Å². The van der Waals surface area contributed by atoms with Gasteiger partial charge in [-0.15, -0.1) is 0 Å². The van der Waals surface area contributed by atoms with Crippen molar-refractivity contribution in [1.82, 2.24) is 0 Å². The Morgan fingerprint density at radius 3 is 1.00 bits per heavy atom. The van der Waals surface area contributed by atoms with Crippen LogP contribution >= 0.6 is 11.6 Å². The van der Waals surface area contributed by atoms with Crippen LogP contribution in [0.1, 0.15) is 62.4 Å². The van der Waals surface area contributed by atoms with Crippen molar-refractivity contribution >= 4 is 11.6 Å². The monoisotopic (exact) mass is 252 g/mol. The third-order valence-corrected chi connectivity index (χ3v) is 4.21. The van der Waals surface area contributed by atoms with Crippen LogP contribution in [0.3, 0.4) is 0 Å². The van der Waals surface area contributed by atoms with Gasteiger partial charge in [-0.05, 0) is 59.9 Å². The molecule has 0 unspecified atom stereocenters. The number of hydrogen-bond donors (Lipinski definition) is 0. The Kier molecular flexibility index (Phi) is 5.52. The van der Waals surface area contributed by atoms with Gasteiger partial charge in [0.15, 0.2) is 0 Å². The topological polar surface area (TPSA) is 0 Å². The quantitative estimate of drug-likeness (QED) is 0.680. The van der Waals surface area contributed by atoms with E-state index in [0.29, 0.717) is 0 Å². The highest BCUT2D eigenvalue weighted by molar-refractivity contribution is 6.32. The second kappa shape index (κ2) is 6.44. The summed E-state index contributed by atoms with van der Waals surface area (Å²) in [7, 11) is 0. The summed E-state index contributed by atoms with van der Waals surface area (Å²) < 4.78 is 0. The van der Waals surface area contributed by atoms with E-state index in [1.165, 1.54) is 22.3 Å². The van der Waals surface area contributed by atoms with Gasteiger partial charge in [-0.2, -0.15) is 0 Å². The Bertz CT molecular complexity index is 358. The SMILES string of the molecule is CCc1c(Cl)c(CC)c(CC)c(CC)c1CC. The molecule has 0 nitrogen and oxygen atoms in total. The van der Waals surface area contributed by atoms with Crippen molar-refractivity contribution in [2.45, 2.75) is 66.7 Å².